The minimum absolute atomic E-state index is 0.0296. The van der Waals surface area contributed by atoms with Crippen LogP contribution in [0.5, 0.6) is 0 Å². The van der Waals surface area contributed by atoms with E-state index in [-0.39, 0.29) is 44.6 Å². The fourth-order valence-corrected chi connectivity index (χ4v) is 4.36. The van der Waals surface area contributed by atoms with Crippen LogP contribution in [0.25, 0.3) is 0 Å². The molecule has 4 rings (SSSR count). The Morgan fingerprint density at radius 3 is 2.24 bits per heavy atom. The lowest BCUT2D eigenvalue weighted by molar-refractivity contribution is -0.232. The summed E-state index contributed by atoms with van der Waals surface area (Å²) in [6.07, 6.45) is -2.27. The molecule has 4 aliphatic rings. The van der Waals surface area contributed by atoms with E-state index in [1.807, 2.05) is 0 Å². The molecule has 0 saturated carbocycles. The molecule has 1 N–H and O–H groups in total. The number of amides is 3. The highest BCUT2D eigenvalue weighted by Crippen LogP contribution is 2.43. The highest BCUT2D eigenvalue weighted by molar-refractivity contribution is 6.01. The summed E-state index contributed by atoms with van der Waals surface area (Å²) in [5.41, 5.74) is 0. The van der Waals surface area contributed by atoms with E-state index in [1.54, 1.807) is 27.7 Å². The number of ether oxygens (including phenoxy) is 5. The number of imide groups is 1. The zero-order valence-electron chi connectivity index (χ0n) is 19.2. The lowest BCUT2D eigenvalue weighted by Gasteiger charge is -2.37. The molecule has 0 radical (unpaired) electrons. The molecule has 0 spiro atoms. The largest absolute Gasteiger partial charge is 0.353 e. The Morgan fingerprint density at radius 2 is 1.55 bits per heavy atom. The molecular formula is C21H30N2O10. The number of carbonyl (C=O) groups is 4. The number of rotatable bonds is 7. The first-order valence-electron chi connectivity index (χ1n) is 11.1. The van der Waals surface area contributed by atoms with Crippen LogP contribution in [0, 0.1) is 0 Å². The third-order valence-electron chi connectivity index (χ3n) is 5.73. The van der Waals surface area contributed by atoms with Crippen molar-refractivity contribution < 1.29 is 47.7 Å². The van der Waals surface area contributed by atoms with E-state index in [4.69, 9.17) is 28.5 Å². The second-order valence-electron chi connectivity index (χ2n) is 9.41. The molecule has 0 aromatic rings. The molecule has 3 amide bonds. The van der Waals surface area contributed by atoms with E-state index in [2.05, 4.69) is 5.32 Å². The maximum Gasteiger partial charge on any atom is 0.333 e. The number of hydrogen-bond donors (Lipinski definition) is 1. The van der Waals surface area contributed by atoms with Crippen LogP contribution < -0.4 is 5.32 Å². The van der Waals surface area contributed by atoms with Crippen molar-refractivity contribution in [1.82, 2.24) is 10.4 Å². The molecule has 33 heavy (non-hydrogen) atoms. The summed E-state index contributed by atoms with van der Waals surface area (Å²) >= 11 is 0. The average molecular weight is 470 g/mol. The Kier molecular flexibility index (Phi) is 6.49. The van der Waals surface area contributed by atoms with Gasteiger partial charge in [-0.2, -0.15) is 0 Å². The van der Waals surface area contributed by atoms with E-state index >= 15 is 0 Å². The average Bonchev–Trinajstić information content (AvgIpc) is 3.32. The van der Waals surface area contributed by atoms with E-state index in [1.165, 1.54) is 0 Å². The van der Waals surface area contributed by atoms with Gasteiger partial charge >= 0.3 is 5.97 Å². The third kappa shape index (κ3) is 5.35. The van der Waals surface area contributed by atoms with Crippen LogP contribution >= 0.6 is 0 Å². The Hall–Kier alpha value is -2.12. The van der Waals surface area contributed by atoms with Gasteiger partial charge in [-0.1, -0.05) is 0 Å². The van der Waals surface area contributed by atoms with Gasteiger partial charge in [0.1, 0.15) is 24.4 Å². The zero-order chi connectivity index (χ0) is 24.0. The van der Waals surface area contributed by atoms with Crippen LogP contribution in [0.2, 0.25) is 0 Å². The van der Waals surface area contributed by atoms with E-state index in [9.17, 15) is 19.2 Å². The normalized spacial score (nSPS) is 34.2. The predicted octanol–water partition coefficient (Wildman–Crippen LogP) is 0.277. The standard InChI is InChI=1S/C21H30N2O10/c1-20(2)29-16-11(28-19-18(17(16)30-20)31-21(3,4)32-19)10-22-12(24)6-5-7-15(27)33-23-13(25)8-9-14(23)26/h11,16-19H,5-10H2,1-4H3,(H,22,24)/t11-,16+,17+,18-,19-/m1/s1. The first-order chi connectivity index (χ1) is 15.4. The van der Waals surface area contributed by atoms with Crippen LogP contribution in [0.15, 0.2) is 0 Å². The molecule has 12 nitrogen and oxygen atoms in total. The van der Waals surface area contributed by atoms with Gasteiger partial charge in [-0.3, -0.25) is 14.4 Å². The molecular weight excluding hydrogens is 440 g/mol. The topological polar surface area (TPSA) is 139 Å². The van der Waals surface area contributed by atoms with E-state index in [0.29, 0.717) is 5.06 Å². The monoisotopic (exact) mass is 470 g/mol. The van der Waals surface area contributed by atoms with Gasteiger partial charge < -0.3 is 33.8 Å². The SMILES string of the molecule is CC1(C)O[C@H]2[C@@H](O1)[C@@H](CNC(=O)CCCC(=O)ON1C(=O)CCC1=O)O[C@@H]1OC(C)(C)O[C@@H]12. The Balaban J connectivity index is 1.23. The lowest BCUT2D eigenvalue weighted by atomic mass is 9.99. The zero-order valence-corrected chi connectivity index (χ0v) is 19.2. The van der Waals surface area contributed by atoms with Crippen LogP contribution in [0.3, 0.4) is 0 Å². The molecule has 0 aromatic carbocycles. The molecule has 4 heterocycles. The molecule has 4 saturated heterocycles. The van der Waals surface area contributed by atoms with Gasteiger partial charge in [0.2, 0.25) is 5.91 Å². The van der Waals surface area contributed by atoms with Crippen molar-refractivity contribution in [1.29, 1.82) is 0 Å². The molecule has 12 heteroatoms. The highest BCUT2D eigenvalue weighted by Gasteiger charge is 2.60. The molecule has 4 fully saturated rings. The van der Waals surface area contributed by atoms with Crippen LogP contribution in [0.4, 0.5) is 0 Å². The van der Waals surface area contributed by atoms with Crippen LogP contribution in [0.1, 0.15) is 59.8 Å². The van der Waals surface area contributed by atoms with Gasteiger partial charge in [0.25, 0.3) is 11.8 Å². The maximum atomic E-state index is 12.3. The Bertz CT molecular complexity index is 812. The smallest absolute Gasteiger partial charge is 0.333 e. The molecule has 5 atom stereocenters. The number of nitrogens with zero attached hydrogens (tertiary/aromatic N) is 1. The minimum Gasteiger partial charge on any atom is -0.353 e. The third-order valence-corrected chi connectivity index (χ3v) is 5.73. The van der Waals surface area contributed by atoms with E-state index < -0.39 is 60.1 Å². The summed E-state index contributed by atoms with van der Waals surface area (Å²) in [5, 5.41) is 3.28. The molecule has 184 valence electrons. The lowest BCUT2D eigenvalue weighted by Crippen LogP contribution is -2.57. The Morgan fingerprint density at radius 1 is 0.939 bits per heavy atom. The summed E-state index contributed by atoms with van der Waals surface area (Å²) < 4.78 is 29.8. The number of hydroxylamine groups is 2. The van der Waals surface area contributed by atoms with Crippen LogP contribution in [-0.4, -0.2) is 77.6 Å². The minimum atomic E-state index is -0.829. The molecule has 0 bridgehead atoms. The molecule has 0 unspecified atom stereocenters. The van der Waals surface area contributed by atoms with Gasteiger partial charge in [0.15, 0.2) is 17.9 Å². The summed E-state index contributed by atoms with van der Waals surface area (Å²) in [7, 11) is 0. The first-order valence-corrected chi connectivity index (χ1v) is 11.1. The quantitative estimate of drug-likeness (QED) is 0.516. The predicted molar refractivity (Wildman–Crippen MR) is 107 cm³/mol. The van der Waals surface area contributed by atoms with Gasteiger partial charge in [-0.15, -0.1) is 5.06 Å². The second kappa shape index (κ2) is 8.91. The van der Waals surface area contributed by atoms with Crippen molar-refractivity contribution in [3.63, 3.8) is 0 Å². The van der Waals surface area contributed by atoms with Gasteiger partial charge in [-0.05, 0) is 34.1 Å². The van der Waals surface area contributed by atoms with Crippen molar-refractivity contribution in [3.05, 3.63) is 0 Å². The van der Waals surface area contributed by atoms with Gasteiger partial charge in [0, 0.05) is 32.2 Å². The Labute approximate surface area is 191 Å². The molecule has 0 aliphatic carbocycles. The molecule has 4 aliphatic heterocycles. The van der Waals surface area contributed by atoms with Crippen molar-refractivity contribution in [2.24, 2.45) is 0 Å². The summed E-state index contributed by atoms with van der Waals surface area (Å²) in [6.45, 7) is 7.36. The summed E-state index contributed by atoms with van der Waals surface area (Å²) in [5.74, 6) is -3.77. The molecule has 0 aromatic heterocycles. The fraction of sp³-hybridized carbons (Fsp3) is 0.810. The number of carbonyl (C=O) groups excluding carboxylic acids is 4. The van der Waals surface area contributed by atoms with Crippen LogP contribution in [-0.2, 0) is 47.7 Å². The number of hydrogen-bond acceptors (Lipinski definition) is 10. The van der Waals surface area contributed by atoms with Gasteiger partial charge in [-0.25, -0.2) is 4.79 Å². The first kappa shape index (κ1) is 24.0. The summed E-state index contributed by atoms with van der Waals surface area (Å²) in [6, 6.07) is 0. The second-order valence-corrected chi connectivity index (χ2v) is 9.41. The highest BCUT2D eigenvalue weighted by atomic mass is 16.9. The van der Waals surface area contributed by atoms with Crippen molar-refractivity contribution >= 4 is 23.7 Å². The van der Waals surface area contributed by atoms with Crippen molar-refractivity contribution in [3.8, 4) is 0 Å². The van der Waals surface area contributed by atoms with Gasteiger partial charge in [0.05, 0.1) is 0 Å². The van der Waals surface area contributed by atoms with Crippen molar-refractivity contribution in [2.75, 3.05) is 6.54 Å². The number of fused-ring (bicyclic) bond motifs is 3. The summed E-state index contributed by atoms with van der Waals surface area (Å²) in [4.78, 5) is 51.9. The maximum absolute atomic E-state index is 12.3. The fourth-order valence-electron chi connectivity index (χ4n) is 4.36. The van der Waals surface area contributed by atoms with E-state index in [0.717, 1.165) is 0 Å². The van der Waals surface area contributed by atoms with Crippen molar-refractivity contribution in [2.45, 2.75) is 102 Å². The number of nitrogens with one attached hydrogen (secondary N) is 1.